The Morgan fingerprint density at radius 3 is 1.76 bits per heavy atom. The van der Waals surface area contributed by atoms with Gasteiger partial charge < -0.3 is 42.5 Å². The molecule has 0 radical (unpaired) electrons. The van der Waals surface area contributed by atoms with Gasteiger partial charge in [0.25, 0.3) is 0 Å². The number of rotatable bonds is 16. The third-order valence-corrected chi connectivity index (χ3v) is 6.08. The van der Waals surface area contributed by atoms with Crippen LogP contribution in [0.2, 0.25) is 0 Å². The Bertz CT molecular complexity index is 1070. The normalized spacial score (nSPS) is 14.9. The molecular weight excluding hydrogens is 498 g/mol. The standard InChI is InChI=1S/C23H35N9O6/c1-3-12(2)19(25)22(36)32-17(7-14-9-27-11-29-14)21(35)31-16(6-13-8-26-10-28-13)20(34)30-15(23(37)38)4-5-18(24)33/h8-12,15-17,19H,3-7,25H2,1-2H3,(H2,24,33)(H,26,28)(H,27,29)(H,30,34)(H,31,35)(H,32,36)(H,37,38). The van der Waals surface area contributed by atoms with E-state index in [4.69, 9.17) is 11.5 Å². The van der Waals surface area contributed by atoms with Crippen LogP contribution in [-0.2, 0) is 36.8 Å². The molecular formula is C23H35N9O6. The van der Waals surface area contributed by atoms with Crippen LogP contribution < -0.4 is 27.4 Å². The maximum atomic E-state index is 13.4. The van der Waals surface area contributed by atoms with Gasteiger partial charge in [-0.25, -0.2) is 14.8 Å². The van der Waals surface area contributed by atoms with Gasteiger partial charge in [-0.3, -0.25) is 19.2 Å². The highest BCUT2D eigenvalue weighted by Gasteiger charge is 2.32. The lowest BCUT2D eigenvalue weighted by atomic mass is 9.98. The van der Waals surface area contributed by atoms with E-state index in [1.54, 1.807) is 0 Å². The fraction of sp³-hybridized carbons (Fsp3) is 0.522. The number of carbonyl (C=O) groups is 5. The molecule has 0 aromatic carbocycles. The van der Waals surface area contributed by atoms with Gasteiger partial charge in [-0.05, 0) is 12.3 Å². The minimum absolute atomic E-state index is 0.0273. The quantitative estimate of drug-likeness (QED) is 0.120. The molecule has 0 aliphatic carbocycles. The molecule has 38 heavy (non-hydrogen) atoms. The summed E-state index contributed by atoms with van der Waals surface area (Å²) in [5, 5.41) is 17.0. The fourth-order valence-corrected chi connectivity index (χ4v) is 3.52. The number of primary amides is 1. The zero-order chi connectivity index (χ0) is 28.2. The number of aromatic amines is 2. The molecule has 5 atom stereocenters. The number of carboxylic acid groups (broad SMARTS) is 1. The van der Waals surface area contributed by atoms with Gasteiger partial charge in [0.05, 0.1) is 18.7 Å². The topological polar surface area (TPSA) is 251 Å². The van der Waals surface area contributed by atoms with Gasteiger partial charge >= 0.3 is 5.97 Å². The van der Waals surface area contributed by atoms with Crippen LogP contribution in [0.1, 0.15) is 44.5 Å². The number of nitrogens with one attached hydrogen (secondary N) is 5. The van der Waals surface area contributed by atoms with Crippen molar-refractivity contribution in [3.05, 3.63) is 36.4 Å². The van der Waals surface area contributed by atoms with Gasteiger partial charge in [0.15, 0.2) is 0 Å². The zero-order valence-corrected chi connectivity index (χ0v) is 21.3. The summed E-state index contributed by atoms with van der Waals surface area (Å²) >= 11 is 0. The smallest absolute Gasteiger partial charge is 0.326 e. The molecule has 5 unspecified atom stereocenters. The van der Waals surface area contributed by atoms with Gasteiger partial charge in [0.1, 0.15) is 18.1 Å². The van der Waals surface area contributed by atoms with E-state index in [1.807, 2.05) is 13.8 Å². The second-order valence-corrected chi connectivity index (χ2v) is 9.00. The number of H-pyrrole nitrogens is 2. The minimum Gasteiger partial charge on any atom is -0.480 e. The first-order chi connectivity index (χ1) is 18.0. The van der Waals surface area contributed by atoms with Crippen molar-refractivity contribution in [3.63, 3.8) is 0 Å². The van der Waals surface area contributed by atoms with E-state index in [1.165, 1.54) is 25.0 Å². The number of aromatic nitrogens is 4. The van der Waals surface area contributed by atoms with Crippen molar-refractivity contribution < 1.29 is 29.1 Å². The zero-order valence-electron chi connectivity index (χ0n) is 21.3. The summed E-state index contributed by atoms with van der Waals surface area (Å²) in [6.45, 7) is 3.70. The maximum Gasteiger partial charge on any atom is 0.326 e. The molecule has 15 nitrogen and oxygen atoms in total. The van der Waals surface area contributed by atoms with Crippen LogP contribution in [0.3, 0.4) is 0 Å². The van der Waals surface area contributed by atoms with E-state index in [9.17, 15) is 29.1 Å². The molecule has 4 amide bonds. The lowest BCUT2D eigenvalue weighted by Crippen LogP contribution is -2.58. The number of nitrogens with zero attached hydrogens (tertiary/aromatic N) is 2. The summed E-state index contributed by atoms with van der Waals surface area (Å²) in [5.41, 5.74) is 12.2. The van der Waals surface area contributed by atoms with Gasteiger partial charge in [0, 0.05) is 43.0 Å². The Balaban J connectivity index is 2.24. The van der Waals surface area contributed by atoms with E-state index < -0.39 is 53.8 Å². The van der Waals surface area contributed by atoms with E-state index in [0.717, 1.165) is 0 Å². The van der Waals surface area contributed by atoms with Gasteiger partial charge in [-0.2, -0.15) is 0 Å². The summed E-state index contributed by atoms with van der Waals surface area (Å²) in [5.74, 6) is -4.28. The number of hydrogen-bond donors (Lipinski definition) is 8. The summed E-state index contributed by atoms with van der Waals surface area (Å²) < 4.78 is 0. The van der Waals surface area contributed by atoms with Crippen LogP contribution in [0, 0.1) is 5.92 Å². The van der Waals surface area contributed by atoms with Crippen LogP contribution in [0.25, 0.3) is 0 Å². The van der Waals surface area contributed by atoms with Gasteiger partial charge in [-0.15, -0.1) is 0 Å². The Kier molecular flexibility index (Phi) is 11.4. The highest BCUT2D eigenvalue weighted by Crippen LogP contribution is 2.08. The van der Waals surface area contributed by atoms with Gasteiger partial charge in [0.2, 0.25) is 23.6 Å². The SMILES string of the molecule is CCC(C)C(N)C(=O)NC(Cc1cnc[nH]1)C(=O)NC(Cc1cnc[nH]1)C(=O)NC(CCC(N)=O)C(=O)O. The molecule has 0 saturated heterocycles. The van der Waals surface area contributed by atoms with E-state index in [-0.39, 0.29) is 31.6 Å². The molecule has 2 heterocycles. The van der Waals surface area contributed by atoms with Crippen LogP contribution in [0.5, 0.6) is 0 Å². The third kappa shape index (κ3) is 9.31. The summed E-state index contributed by atoms with van der Waals surface area (Å²) in [7, 11) is 0. The Hall–Kier alpha value is -4.27. The third-order valence-electron chi connectivity index (χ3n) is 6.08. The minimum atomic E-state index is -1.41. The molecule has 0 bridgehead atoms. The van der Waals surface area contributed by atoms with Crippen molar-refractivity contribution in [3.8, 4) is 0 Å². The molecule has 0 saturated carbocycles. The Morgan fingerprint density at radius 1 is 0.895 bits per heavy atom. The lowest BCUT2D eigenvalue weighted by molar-refractivity contribution is -0.142. The molecule has 0 fully saturated rings. The average Bonchev–Trinajstić information content (AvgIpc) is 3.58. The second-order valence-electron chi connectivity index (χ2n) is 9.00. The Morgan fingerprint density at radius 2 is 1.37 bits per heavy atom. The molecule has 0 aliphatic heterocycles. The molecule has 2 aromatic rings. The van der Waals surface area contributed by atoms with Crippen LogP contribution in [0.4, 0.5) is 0 Å². The first-order valence-electron chi connectivity index (χ1n) is 12.1. The fourth-order valence-electron chi connectivity index (χ4n) is 3.52. The molecule has 15 heteroatoms. The Labute approximate surface area is 218 Å². The van der Waals surface area contributed by atoms with Crippen LogP contribution in [0.15, 0.2) is 25.0 Å². The average molecular weight is 534 g/mol. The van der Waals surface area contributed by atoms with Crippen molar-refractivity contribution in [1.82, 2.24) is 35.9 Å². The largest absolute Gasteiger partial charge is 0.480 e. The van der Waals surface area contributed by atoms with Gasteiger partial charge in [-0.1, -0.05) is 20.3 Å². The lowest BCUT2D eigenvalue weighted by Gasteiger charge is -2.26. The number of aliphatic carboxylic acids is 1. The van der Waals surface area contributed by atoms with Crippen LogP contribution >= 0.6 is 0 Å². The summed E-state index contributed by atoms with van der Waals surface area (Å²) in [6.07, 6.45) is 5.88. The predicted octanol–water partition coefficient (Wildman–Crippen LogP) is -1.90. The number of hydrogen-bond acceptors (Lipinski definition) is 8. The first kappa shape index (κ1) is 30.0. The molecule has 2 rings (SSSR count). The molecule has 208 valence electrons. The predicted molar refractivity (Wildman–Crippen MR) is 134 cm³/mol. The number of carbonyl (C=O) groups excluding carboxylic acids is 4. The van der Waals surface area contributed by atoms with Crippen molar-refractivity contribution in [2.24, 2.45) is 17.4 Å². The molecule has 0 spiro atoms. The summed E-state index contributed by atoms with van der Waals surface area (Å²) in [6, 6.07) is -4.64. The molecule has 10 N–H and O–H groups in total. The number of nitrogens with two attached hydrogens (primary N) is 2. The summed E-state index contributed by atoms with van der Waals surface area (Å²) in [4.78, 5) is 75.5. The first-order valence-corrected chi connectivity index (χ1v) is 12.1. The maximum absolute atomic E-state index is 13.4. The van der Waals surface area contributed by atoms with Crippen molar-refractivity contribution in [2.75, 3.05) is 0 Å². The number of amides is 4. The van der Waals surface area contributed by atoms with Crippen molar-refractivity contribution >= 4 is 29.6 Å². The van der Waals surface area contributed by atoms with Crippen molar-refractivity contribution in [1.29, 1.82) is 0 Å². The highest BCUT2D eigenvalue weighted by atomic mass is 16.4. The molecule has 0 aliphatic rings. The van der Waals surface area contributed by atoms with E-state index >= 15 is 0 Å². The molecule has 2 aromatic heterocycles. The second kappa shape index (κ2) is 14.5. The monoisotopic (exact) mass is 533 g/mol. The highest BCUT2D eigenvalue weighted by molar-refractivity contribution is 5.94. The number of imidazole rings is 2. The van der Waals surface area contributed by atoms with E-state index in [2.05, 4.69) is 35.9 Å². The van der Waals surface area contributed by atoms with E-state index in [0.29, 0.717) is 17.8 Å². The number of carboxylic acids is 1. The van der Waals surface area contributed by atoms with Crippen LogP contribution in [-0.4, -0.2) is 78.8 Å². The van der Waals surface area contributed by atoms with Crippen molar-refractivity contribution in [2.45, 2.75) is 70.1 Å².